The molecule has 142 valence electrons. The molecule has 0 bridgehead atoms. The summed E-state index contributed by atoms with van der Waals surface area (Å²) in [6.07, 6.45) is 2.69. The number of aryl methyl sites for hydroxylation is 1. The molecule has 3 rings (SSSR count). The Kier molecular flexibility index (Phi) is 8.32. The molecule has 27 heavy (non-hydrogen) atoms. The zero-order chi connectivity index (χ0) is 18.2. The van der Waals surface area contributed by atoms with Gasteiger partial charge in [0.05, 0.1) is 12.2 Å². The lowest BCUT2D eigenvalue weighted by Gasteiger charge is -2.13. The highest BCUT2D eigenvalue weighted by atomic mass is 127. The summed E-state index contributed by atoms with van der Waals surface area (Å²) in [5, 5.41) is 6.62. The van der Waals surface area contributed by atoms with Crippen LogP contribution >= 0.6 is 24.0 Å². The van der Waals surface area contributed by atoms with Gasteiger partial charge in [-0.25, -0.2) is 4.98 Å². The Bertz CT molecular complexity index is 861. The van der Waals surface area contributed by atoms with Gasteiger partial charge in [0, 0.05) is 19.2 Å². The van der Waals surface area contributed by atoms with Crippen molar-refractivity contribution in [1.82, 2.24) is 15.6 Å². The number of benzene rings is 2. The lowest BCUT2D eigenvalue weighted by atomic mass is 10.1. The van der Waals surface area contributed by atoms with Gasteiger partial charge in [0.1, 0.15) is 6.26 Å². The standard InChI is InChI=1S/C21H24N4O.HI/c1-3-16-9-7-8-12-18(16)13-23-21(22-2)24-14-19-15-26-20(25-19)17-10-5-4-6-11-17;/h4-12,15H,3,13-14H2,1-2H3,(H2,22,23,24);1H. The monoisotopic (exact) mass is 476 g/mol. The zero-order valence-corrected chi connectivity index (χ0v) is 17.9. The van der Waals surface area contributed by atoms with Crippen molar-refractivity contribution in [2.24, 2.45) is 4.99 Å². The molecule has 1 aromatic heterocycles. The van der Waals surface area contributed by atoms with Gasteiger partial charge < -0.3 is 15.1 Å². The number of nitrogens with zero attached hydrogens (tertiary/aromatic N) is 2. The summed E-state index contributed by atoms with van der Waals surface area (Å²) in [5.74, 6) is 1.36. The Morgan fingerprint density at radius 1 is 0.963 bits per heavy atom. The minimum atomic E-state index is 0. The molecule has 5 nitrogen and oxygen atoms in total. The minimum absolute atomic E-state index is 0. The smallest absolute Gasteiger partial charge is 0.226 e. The lowest BCUT2D eigenvalue weighted by Crippen LogP contribution is -2.36. The fourth-order valence-corrected chi connectivity index (χ4v) is 2.75. The van der Waals surface area contributed by atoms with Crippen LogP contribution in [0.3, 0.4) is 0 Å². The fraction of sp³-hybridized carbons (Fsp3) is 0.238. The van der Waals surface area contributed by atoms with E-state index in [4.69, 9.17) is 4.42 Å². The third-order valence-corrected chi connectivity index (χ3v) is 4.18. The molecule has 0 aliphatic heterocycles. The van der Waals surface area contributed by atoms with E-state index in [1.165, 1.54) is 11.1 Å². The second-order valence-corrected chi connectivity index (χ2v) is 5.91. The van der Waals surface area contributed by atoms with Gasteiger partial charge in [0.2, 0.25) is 5.89 Å². The van der Waals surface area contributed by atoms with E-state index in [1.807, 2.05) is 30.3 Å². The van der Waals surface area contributed by atoms with E-state index in [0.717, 1.165) is 30.2 Å². The predicted molar refractivity (Wildman–Crippen MR) is 120 cm³/mol. The van der Waals surface area contributed by atoms with Crippen LogP contribution in [0, 0.1) is 0 Å². The van der Waals surface area contributed by atoms with Crippen LogP contribution < -0.4 is 10.6 Å². The van der Waals surface area contributed by atoms with E-state index in [2.05, 4.69) is 51.8 Å². The summed E-state index contributed by atoms with van der Waals surface area (Å²) in [6.45, 7) is 3.45. The molecule has 0 spiro atoms. The average Bonchev–Trinajstić information content (AvgIpc) is 3.18. The van der Waals surface area contributed by atoms with Crippen LogP contribution in [0.4, 0.5) is 0 Å². The van der Waals surface area contributed by atoms with Crippen LogP contribution in [0.2, 0.25) is 0 Å². The number of aromatic nitrogens is 1. The number of guanidine groups is 1. The van der Waals surface area contributed by atoms with Crippen molar-refractivity contribution in [1.29, 1.82) is 0 Å². The number of hydrogen-bond acceptors (Lipinski definition) is 3. The van der Waals surface area contributed by atoms with E-state index in [9.17, 15) is 0 Å². The summed E-state index contributed by atoms with van der Waals surface area (Å²) in [5.41, 5.74) is 4.43. The molecule has 1 heterocycles. The van der Waals surface area contributed by atoms with Gasteiger partial charge >= 0.3 is 0 Å². The molecule has 2 aromatic carbocycles. The molecule has 0 amide bonds. The molecule has 0 unspecified atom stereocenters. The van der Waals surface area contributed by atoms with E-state index >= 15 is 0 Å². The van der Waals surface area contributed by atoms with Crippen LogP contribution in [0.5, 0.6) is 0 Å². The van der Waals surface area contributed by atoms with Crippen LogP contribution in [-0.2, 0) is 19.5 Å². The first kappa shape index (κ1) is 21.0. The fourth-order valence-electron chi connectivity index (χ4n) is 2.75. The van der Waals surface area contributed by atoms with Gasteiger partial charge in [-0.05, 0) is 29.7 Å². The van der Waals surface area contributed by atoms with Gasteiger partial charge in [-0.3, -0.25) is 4.99 Å². The first-order chi connectivity index (χ1) is 12.8. The van der Waals surface area contributed by atoms with Gasteiger partial charge in [-0.15, -0.1) is 24.0 Å². The van der Waals surface area contributed by atoms with E-state index in [1.54, 1.807) is 13.3 Å². The molecule has 6 heteroatoms. The highest BCUT2D eigenvalue weighted by Crippen LogP contribution is 2.17. The summed E-state index contributed by atoms with van der Waals surface area (Å²) in [4.78, 5) is 8.80. The normalized spacial score (nSPS) is 11.0. The van der Waals surface area contributed by atoms with Crippen molar-refractivity contribution >= 4 is 29.9 Å². The Morgan fingerprint density at radius 2 is 1.63 bits per heavy atom. The summed E-state index contributed by atoms with van der Waals surface area (Å²) >= 11 is 0. The van der Waals surface area contributed by atoms with Crippen LogP contribution in [-0.4, -0.2) is 18.0 Å². The maximum Gasteiger partial charge on any atom is 0.226 e. The molecule has 3 aromatic rings. The molecular formula is C21H25IN4O. The van der Waals surface area contributed by atoms with Crippen molar-refractivity contribution in [3.8, 4) is 11.5 Å². The second kappa shape index (κ2) is 10.7. The van der Waals surface area contributed by atoms with Crippen molar-refractivity contribution in [3.63, 3.8) is 0 Å². The molecule has 2 N–H and O–H groups in total. The van der Waals surface area contributed by atoms with Gasteiger partial charge in [-0.1, -0.05) is 49.4 Å². The number of hydrogen-bond donors (Lipinski definition) is 2. The molecule has 0 fully saturated rings. The maximum absolute atomic E-state index is 5.56. The molecular weight excluding hydrogens is 451 g/mol. The number of halogens is 1. The Labute approximate surface area is 177 Å². The summed E-state index contributed by atoms with van der Waals surface area (Å²) in [7, 11) is 1.76. The largest absolute Gasteiger partial charge is 0.444 e. The second-order valence-electron chi connectivity index (χ2n) is 5.91. The maximum atomic E-state index is 5.56. The first-order valence-corrected chi connectivity index (χ1v) is 8.81. The van der Waals surface area contributed by atoms with Crippen molar-refractivity contribution in [3.05, 3.63) is 77.7 Å². The Morgan fingerprint density at radius 3 is 2.33 bits per heavy atom. The van der Waals surface area contributed by atoms with Crippen LogP contribution in [0.25, 0.3) is 11.5 Å². The predicted octanol–water partition coefficient (Wildman–Crippen LogP) is 4.39. The van der Waals surface area contributed by atoms with Gasteiger partial charge in [0.15, 0.2) is 5.96 Å². The Hall–Kier alpha value is -2.35. The van der Waals surface area contributed by atoms with Gasteiger partial charge in [-0.2, -0.15) is 0 Å². The molecule has 0 saturated carbocycles. The first-order valence-electron chi connectivity index (χ1n) is 8.81. The quantitative estimate of drug-likeness (QED) is 0.315. The van der Waals surface area contributed by atoms with Gasteiger partial charge in [0.25, 0.3) is 0 Å². The average molecular weight is 476 g/mol. The topological polar surface area (TPSA) is 62.5 Å². The van der Waals surface area contributed by atoms with Crippen LogP contribution in [0.1, 0.15) is 23.7 Å². The van der Waals surface area contributed by atoms with Crippen molar-refractivity contribution in [2.45, 2.75) is 26.4 Å². The minimum Gasteiger partial charge on any atom is -0.444 e. The van der Waals surface area contributed by atoms with Crippen molar-refractivity contribution < 1.29 is 4.42 Å². The SMILES string of the molecule is CCc1ccccc1CNC(=NC)NCc1coc(-c2ccccc2)n1.I. The van der Waals surface area contributed by atoms with E-state index < -0.39 is 0 Å². The number of nitrogens with one attached hydrogen (secondary N) is 2. The molecule has 0 atom stereocenters. The molecule has 0 aliphatic carbocycles. The molecule has 0 saturated heterocycles. The summed E-state index contributed by atoms with van der Waals surface area (Å²) in [6, 6.07) is 18.3. The lowest BCUT2D eigenvalue weighted by molar-refractivity contribution is 0.572. The highest BCUT2D eigenvalue weighted by molar-refractivity contribution is 14.0. The molecule has 0 radical (unpaired) electrons. The third kappa shape index (κ3) is 5.82. The number of aliphatic imine (C=N–C) groups is 1. The number of rotatable bonds is 6. The van der Waals surface area contributed by atoms with E-state index in [-0.39, 0.29) is 24.0 Å². The molecule has 0 aliphatic rings. The number of oxazole rings is 1. The zero-order valence-electron chi connectivity index (χ0n) is 15.6. The third-order valence-electron chi connectivity index (χ3n) is 4.18. The Balaban J connectivity index is 0.00000261. The van der Waals surface area contributed by atoms with Crippen molar-refractivity contribution in [2.75, 3.05) is 7.05 Å². The van der Waals surface area contributed by atoms with Crippen LogP contribution in [0.15, 0.2) is 70.3 Å². The van der Waals surface area contributed by atoms with E-state index in [0.29, 0.717) is 12.4 Å². The summed E-state index contributed by atoms with van der Waals surface area (Å²) < 4.78 is 5.56. The highest BCUT2D eigenvalue weighted by Gasteiger charge is 2.07.